The first-order chi connectivity index (χ1) is 7.15. The Morgan fingerprint density at radius 1 is 1.73 bits per heavy atom. The molecule has 0 fully saturated rings. The van der Waals surface area contributed by atoms with Crippen LogP contribution in [0.25, 0.3) is 0 Å². The van der Waals surface area contributed by atoms with Gasteiger partial charge in [0, 0.05) is 31.2 Å². The van der Waals surface area contributed by atoms with Gasteiger partial charge in [-0.05, 0) is 13.0 Å². The van der Waals surface area contributed by atoms with Crippen LogP contribution < -0.4 is 11.1 Å². The van der Waals surface area contributed by atoms with Crippen molar-refractivity contribution in [3.8, 4) is 0 Å². The molecule has 1 heterocycles. The number of nitrogen functional groups attached to an aromatic ring is 1. The van der Waals surface area contributed by atoms with Gasteiger partial charge in [0.1, 0.15) is 0 Å². The van der Waals surface area contributed by atoms with Gasteiger partial charge in [0.05, 0.1) is 12.2 Å². The highest BCUT2D eigenvalue weighted by Gasteiger charge is 2.11. The first-order valence-corrected chi connectivity index (χ1v) is 4.64. The number of hydrogen-bond acceptors (Lipinski definition) is 4. The lowest BCUT2D eigenvalue weighted by Crippen LogP contribution is -2.36. The summed E-state index contributed by atoms with van der Waals surface area (Å²) < 4.78 is 4.91. The van der Waals surface area contributed by atoms with Crippen molar-refractivity contribution in [2.24, 2.45) is 0 Å². The number of carbonyl (C=O) groups excluding carboxylic acids is 1. The number of hydrogen-bond donors (Lipinski definition) is 2. The minimum atomic E-state index is -0.231. The fourth-order valence-corrected chi connectivity index (χ4v) is 1.19. The van der Waals surface area contributed by atoms with E-state index in [1.54, 1.807) is 19.4 Å². The van der Waals surface area contributed by atoms with E-state index in [0.717, 1.165) is 0 Å². The van der Waals surface area contributed by atoms with Crippen molar-refractivity contribution in [1.29, 1.82) is 0 Å². The van der Waals surface area contributed by atoms with Crippen molar-refractivity contribution >= 4 is 11.6 Å². The standard InChI is InChI=1S/C10H15N3O2/c1-7(6-15-2)13-10(14)8-5-12-4-3-9(8)11/h3-5,7H,6H2,1-2H3,(H2,11,12)(H,13,14). The van der Waals surface area contributed by atoms with Crippen molar-refractivity contribution in [3.05, 3.63) is 24.0 Å². The summed E-state index contributed by atoms with van der Waals surface area (Å²) in [5.41, 5.74) is 6.45. The number of ether oxygens (including phenoxy) is 1. The highest BCUT2D eigenvalue weighted by atomic mass is 16.5. The monoisotopic (exact) mass is 209 g/mol. The van der Waals surface area contributed by atoms with Gasteiger partial charge in [0.25, 0.3) is 5.91 Å². The third kappa shape index (κ3) is 3.21. The summed E-state index contributed by atoms with van der Waals surface area (Å²) >= 11 is 0. The van der Waals surface area contributed by atoms with Gasteiger partial charge < -0.3 is 15.8 Å². The number of methoxy groups -OCH3 is 1. The van der Waals surface area contributed by atoms with E-state index in [2.05, 4.69) is 10.3 Å². The van der Waals surface area contributed by atoms with Crippen LogP contribution in [0.1, 0.15) is 17.3 Å². The molecule has 0 aliphatic carbocycles. The van der Waals surface area contributed by atoms with Gasteiger partial charge in [-0.25, -0.2) is 0 Å². The van der Waals surface area contributed by atoms with Crippen molar-refractivity contribution in [2.75, 3.05) is 19.5 Å². The second-order valence-electron chi connectivity index (χ2n) is 3.29. The second kappa shape index (κ2) is 5.31. The smallest absolute Gasteiger partial charge is 0.255 e. The molecule has 15 heavy (non-hydrogen) atoms. The van der Waals surface area contributed by atoms with Gasteiger partial charge in [-0.2, -0.15) is 0 Å². The van der Waals surface area contributed by atoms with Crippen LogP contribution in [0.3, 0.4) is 0 Å². The highest BCUT2D eigenvalue weighted by molar-refractivity contribution is 5.98. The van der Waals surface area contributed by atoms with E-state index in [0.29, 0.717) is 17.9 Å². The van der Waals surface area contributed by atoms with Crippen molar-refractivity contribution in [3.63, 3.8) is 0 Å². The highest BCUT2D eigenvalue weighted by Crippen LogP contribution is 2.08. The van der Waals surface area contributed by atoms with Crippen molar-refractivity contribution < 1.29 is 9.53 Å². The number of carbonyl (C=O) groups is 1. The molecule has 5 nitrogen and oxygen atoms in total. The summed E-state index contributed by atoms with van der Waals surface area (Å²) in [4.78, 5) is 15.5. The molecule has 1 aromatic rings. The van der Waals surface area contributed by atoms with Crippen LogP contribution >= 0.6 is 0 Å². The van der Waals surface area contributed by atoms with Crippen LogP contribution in [0.2, 0.25) is 0 Å². The number of nitrogens with two attached hydrogens (primary N) is 1. The maximum Gasteiger partial charge on any atom is 0.255 e. The van der Waals surface area contributed by atoms with Crippen LogP contribution in [0.4, 0.5) is 5.69 Å². The Labute approximate surface area is 88.6 Å². The van der Waals surface area contributed by atoms with Gasteiger partial charge in [0.15, 0.2) is 0 Å². The molecule has 0 saturated carbocycles. The molecule has 0 radical (unpaired) electrons. The Bertz CT molecular complexity index is 341. The molecular weight excluding hydrogens is 194 g/mol. The van der Waals surface area contributed by atoms with E-state index in [1.807, 2.05) is 6.92 Å². The Kier molecular flexibility index (Phi) is 4.05. The molecule has 0 spiro atoms. The maximum atomic E-state index is 11.7. The van der Waals surface area contributed by atoms with Crippen LogP contribution in [-0.4, -0.2) is 30.6 Å². The Morgan fingerprint density at radius 2 is 2.47 bits per heavy atom. The van der Waals surface area contributed by atoms with E-state index in [4.69, 9.17) is 10.5 Å². The average molecular weight is 209 g/mol. The summed E-state index contributed by atoms with van der Waals surface area (Å²) in [6, 6.07) is 1.54. The maximum absolute atomic E-state index is 11.7. The van der Waals surface area contributed by atoms with Crippen LogP contribution in [0, 0.1) is 0 Å². The zero-order chi connectivity index (χ0) is 11.3. The predicted octanol–water partition coefficient (Wildman–Crippen LogP) is 0.428. The molecule has 1 aromatic heterocycles. The first kappa shape index (κ1) is 11.5. The summed E-state index contributed by atoms with van der Waals surface area (Å²) in [6.45, 7) is 2.32. The summed E-state index contributed by atoms with van der Waals surface area (Å²) in [6.07, 6.45) is 2.99. The Hall–Kier alpha value is -1.62. The molecule has 0 aliphatic heterocycles. The summed E-state index contributed by atoms with van der Waals surface area (Å²) in [5, 5.41) is 2.75. The molecule has 3 N–H and O–H groups in total. The number of nitrogens with one attached hydrogen (secondary N) is 1. The predicted molar refractivity (Wildman–Crippen MR) is 57.5 cm³/mol. The van der Waals surface area contributed by atoms with E-state index < -0.39 is 0 Å². The zero-order valence-corrected chi connectivity index (χ0v) is 8.86. The van der Waals surface area contributed by atoms with Gasteiger partial charge in [-0.1, -0.05) is 0 Å². The van der Waals surface area contributed by atoms with Crippen LogP contribution in [-0.2, 0) is 4.74 Å². The van der Waals surface area contributed by atoms with Gasteiger partial charge in [-0.15, -0.1) is 0 Å². The molecular formula is C10H15N3O2. The quantitative estimate of drug-likeness (QED) is 0.753. The lowest BCUT2D eigenvalue weighted by Gasteiger charge is -2.13. The molecule has 1 atom stereocenters. The number of aromatic nitrogens is 1. The number of nitrogens with zero attached hydrogens (tertiary/aromatic N) is 1. The molecule has 0 bridgehead atoms. The van der Waals surface area contributed by atoms with Crippen LogP contribution in [0.5, 0.6) is 0 Å². The molecule has 1 rings (SSSR count). The van der Waals surface area contributed by atoms with E-state index in [1.165, 1.54) is 6.20 Å². The minimum Gasteiger partial charge on any atom is -0.398 e. The normalized spacial score (nSPS) is 12.1. The Balaban J connectivity index is 2.65. The molecule has 0 aliphatic rings. The fourth-order valence-electron chi connectivity index (χ4n) is 1.19. The minimum absolute atomic E-state index is 0.0536. The Morgan fingerprint density at radius 3 is 3.07 bits per heavy atom. The topological polar surface area (TPSA) is 77.2 Å². The molecule has 1 amide bonds. The third-order valence-electron chi connectivity index (χ3n) is 1.89. The summed E-state index contributed by atoms with van der Waals surface area (Å²) in [5.74, 6) is -0.231. The average Bonchev–Trinajstić information content (AvgIpc) is 2.18. The number of anilines is 1. The molecule has 82 valence electrons. The molecule has 0 saturated heterocycles. The van der Waals surface area contributed by atoms with E-state index in [-0.39, 0.29) is 11.9 Å². The number of amides is 1. The van der Waals surface area contributed by atoms with E-state index in [9.17, 15) is 4.79 Å². The fraction of sp³-hybridized carbons (Fsp3) is 0.400. The zero-order valence-electron chi connectivity index (χ0n) is 8.86. The first-order valence-electron chi connectivity index (χ1n) is 4.64. The van der Waals surface area contributed by atoms with Crippen LogP contribution in [0.15, 0.2) is 18.5 Å². The molecule has 5 heteroatoms. The molecule has 1 unspecified atom stereocenters. The third-order valence-corrected chi connectivity index (χ3v) is 1.89. The lowest BCUT2D eigenvalue weighted by molar-refractivity contribution is 0.0906. The van der Waals surface area contributed by atoms with Gasteiger partial charge >= 0.3 is 0 Å². The van der Waals surface area contributed by atoms with Gasteiger partial charge in [0.2, 0.25) is 0 Å². The van der Waals surface area contributed by atoms with E-state index >= 15 is 0 Å². The van der Waals surface area contributed by atoms with Gasteiger partial charge in [-0.3, -0.25) is 9.78 Å². The SMILES string of the molecule is COCC(C)NC(=O)c1cnccc1N. The van der Waals surface area contributed by atoms with Crippen molar-refractivity contribution in [1.82, 2.24) is 10.3 Å². The van der Waals surface area contributed by atoms with Crippen molar-refractivity contribution in [2.45, 2.75) is 13.0 Å². The second-order valence-corrected chi connectivity index (χ2v) is 3.29. The largest absolute Gasteiger partial charge is 0.398 e. The molecule has 0 aromatic carbocycles. The number of pyridine rings is 1. The number of rotatable bonds is 4. The lowest BCUT2D eigenvalue weighted by atomic mass is 10.2. The summed E-state index contributed by atoms with van der Waals surface area (Å²) in [7, 11) is 1.58.